The van der Waals surface area contributed by atoms with Crippen LogP contribution in [0.4, 0.5) is 11.4 Å². The van der Waals surface area contributed by atoms with Crippen molar-refractivity contribution in [2.75, 3.05) is 13.1 Å². The number of Topliss-reactive ketones (excluding diaryl/α,β-unsaturated/α-hetero) is 1. The quantitative estimate of drug-likeness (QED) is 0.0217. The lowest BCUT2D eigenvalue weighted by molar-refractivity contribution is -0.385. The zero-order valence-corrected chi connectivity index (χ0v) is 61.9. The highest BCUT2D eigenvalue weighted by atomic mass is 16.6. The fourth-order valence-electron chi connectivity index (χ4n) is 11.8. The number of ether oxygens (including phenoxy) is 2. The fourth-order valence-corrected chi connectivity index (χ4v) is 11.8. The van der Waals surface area contributed by atoms with E-state index in [1.54, 1.807) is 60.6 Å². The van der Waals surface area contributed by atoms with Crippen LogP contribution in [0.25, 0.3) is 34.0 Å². The van der Waals surface area contributed by atoms with Gasteiger partial charge in [0.1, 0.15) is 53.2 Å². The number of nitro benzene ring substituents is 2. The molecule has 564 valence electrons. The maximum absolute atomic E-state index is 13.4. The number of allylic oxidation sites excluding steroid dienone is 1. The van der Waals surface area contributed by atoms with Gasteiger partial charge in [-0.05, 0) is 153 Å². The maximum Gasteiger partial charge on any atom is 0.353 e. The number of aliphatic carboxylic acids is 1. The van der Waals surface area contributed by atoms with Gasteiger partial charge < -0.3 is 35.6 Å². The molecule has 2 saturated heterocycles. The molecule has 3 aliphatic heterocycles. The number of nitrogens with zero attached hydrogens (tertiary/aromatic N) is 6. The summed E-state index contributed by atoms with van der Waals surface area (Å²) in [5, 5.41) is 54.0. The molecular weight excluding hydrogens is 1370 g/mol. The number of rotatable bonds is 15. The van der Waals surface area contributed by atoms with Crippen molar-refractivity contribution in [3.05, 3.63) is 174 Å². The number of nitro groups is 2. The molecule has 29 heteroatoms. The monoisotopic (exact) mass is 1460 g/mol. The maximum atomic E-state index is 13.4. The number of carbonyl (C=O) groups excluding carboxylic acids is 9. The van der Waals surface area contributed by atoms with Crippen LogP contribution in [0, 0.1) is 62.7 Å². The number of carboxylic acid groups (broad SMARTS) is 1. The molecule has 106 heavy (non-hydrogen) atoms. The van der Waals surface area contributed by atoms with Crippen LogP contribution in [0.5, 0.6) is 0 Å². The van der Waals surface area contributed by atoms with E-state index in [1.165, 1.54) is 55.1 Å². The summed E-state index contributed by atoms with van der Waals surface area (Å²) in [5.74, 6) is -7.03. The lowest BCUT2D eigenvalue weighted by Gasteiger charge is -2.35. The lowest BCUT2D eigenvalue weighted by Crippen LogP contribution is -2.61. The number of ketones is 1. The number of carbonyl (C=O) groups is 10. The third-order valence-corrected chi connectivity index (χ3v) is 18.5. The molecule has 0 unspecified atom stereocenters. The first-order chi connectivity index (χ1) is 49.8. The zero-order valence-electron chi connectivity index (χ0n) is 61.9. The molecule has 9 rings (SSSR count). The Labute approximate surface area is 613 Å². The van der Waals surface area contributed by atoms with Crippen LogP contribution >= 0.6 is 0 Å². The second kappa shape index (κ2) is 35.6. The second-order valence-electron chi connectivity index (χ2n) is 28.5. The highest BCUT2D eigenvalue weighted by Crippen LogP contribution is 2.31. The Morgan fingerprint density at radius 2 is 1.35 bits per heavy atom. The number of nitrogens with one attached hydrogen (secondary N) is 5. The predicted octanol–water partition coefficient (Wildman–Crippen LogP) is 9.79. The molecule has 7 N–H and O–H groups in total. The molecule has 5 bridgehead atoms. The van der Waals surface area contributed by atoms with Crippen LogP contribution in [-0.4, -0.2) is 143 Å². The summed E-state index contributed by atoms with van der Waals surface area (Å²) in [6, 6.07) is 22.7. The Bertz CT molecular complexity index is 4360. The molecule has 0 spiro atoms. The number of hydrogen-bond acceptors (Lipinski definition) is 21. The van der Waals surface area contributed by atoms with E-state index in [-0.39, 0.29) is 64.0 Å². The van der Waals surface area contributed by atoms with Gasteiger partial charge in [0.2, 0.25) is 17.7 Å². The van der Waals surface area contributed by atoms with Crippen molar-refractivity contribution >= 4 is 105 Å². The number of pyridine rings is 2. The normalized spacial score (nSPS) is 19.8. The number of benzene rings is 4. The van der Waals surface area contributed by atoms with Crippen LogP contribution in [0.2, 0.25) is 0 Å². The van der Waals surface area contributed by atoms with Crippen molar-refractivity contribution in [2.45, 2.75) is 171 Å². The minimum Gasteiger partial charge on any atom is -0.480 e. The highest BCUT2D eigenvalue weighted by molar-refractivity contribution is 6.07. The molecule has 3 aliphatic rings. The Kier molecular flexibility index (Phi) is 27.6. The van der Waals surface area contributed by atoms with Gasteiger partial charge in [0.05, 0.1) is 43.8 Å². The molecule has 0 saturated carbocycles. The summed E-state index contributed by atoms with van der Waals surface area (Å²) >= 11 is 0. The number of fused-ring (bicyclic) bond motifs is 5. The number of esters is 3. The van der Waals surface area contributed by atoms with Gasteiger partial charge in [-0.15, -0.1) is 0 Å². The number of carboxylic acids is 1. The van der Waals surface area contributed by atoms with Crippen LogP contribution in [0.3, 0.4) is 0 Å². The van der Waals surface area contributed by atoms with E-state index >= 15 is 0 Å². The summed E-state index contributed by atoms with van der Waals surface area (Å²) in [4.78, 5) is 158. The van der Waals surface area contributed by atoms with E-state index < -0.39 is 116 Å². The minimum atomic E-state index is -1.24. The van der Waals surface area contributed by atoms with Gasteiger partial charge in [-0.2, -0.15) is 0 Å². The molecular formula is C77H93N11O18. The van der Waals surface area contributed by atoms with Crippen LogP contribution in [-0.2, 0) is 47.8 Å². The topological polar surface area (TPSA) is 408 Å². The van der Waals surface area contributed by atoms with Gasteiger partial charge in [-0.3, -0.25) is 73.6 Å². The smallest absolute Gasteiger partial charge is 0.353 e. The van der Waals surface area contributed by atoms with Gasteiger partial charge >= 0.3 is 23.9 Å². The molecule has 5 amide bonds. The molecule has 8 atom stereocenters. The Morgan fingerprint density at radius 3 is 1.93 bits per heavy atom. The fraction of sp³-hybridized carbons (Fsp3) is 0.429. The average molecular weight is 1460 g/mol. The van der Waals surface area contributed by atoms with E-state index in [2.05, 4.69) is 36.5 Å². The molecule has 6 aromatic rings. The molecule has 29 nitrogen and oxygen atoms in total. The Morgan fingerprint density at radius 1 is 0.764 bits per heavy atom. The van der Waals surface area contributed by atoms with Gasteiger partial charge in [0.25, 0.3) is 23.2 Å². The van der Waals surface area contributed by atoms with Crippen molar-refractivity contribution in [1.29, 1.82) is 0 Å². The summed E-state index contributed by atoms with van der Waals surface area (Å²) in [6.07, 6.45) is 8.16. The number of hydrazine groups is 2. The number of aliphatic hydroxyl groups is 1. The summed E-state index contributed by atoms with van der Waals surface area (Å²) in [7, 11) is 0. The van der Waals surface area contributed by atoms with Crippen molar-refractivity contribution in [3.63, 3.8) is 0 Å². The summed E-state index contributed by atoms with van der Waals surface area (Å²) < 4.78 is 10.4. The Balaban J connectivity index is 0.000000229. The van der Waals surface area contributed by atoms with Gasteiger partial charge in [0.15, 0.2) is 0 Å². The summed E-state index contributed by atoms with van der Waals surface area (Å²) in [5.41, 5.74) is 6.97. The van der Waals surface area contributed by atoms with E-state index in [0.717, 1.165) is 45.1 Å². The number of hydrogen-bond donors (Lipinski definition) is 7. The SMILES string of the molecule is CC(C)[C@@H]1CC(=O)C(C)(C)/C=C/c2ccc3ccc(nc3c2)[C@@H](C)OC(=O)[C@@H]2CCCN(N2)C(=O)[C@H](C)NC1=O.CC(C)[C@H](NC(=O)C(C)(C)/C=C/c1ccc2ccc([C@@H](C)O)nc2c1)C(=O)N[C@@H](C)C(=O)N1CCC[C@@H](C(=O)O)N1.Cc1cccc([N+](=O)[O-])c1C(=O)OC(=O)c1c(C)cccc1[N+](=O)[O-]. The van der Waals surface area contributed by atoms with Crippen LogP contribution in [0.15, 0.2) is 109 Å². The van der Waals surface area contributed by atoms with Crippen molar-refractivity contribution in [3.8, 4) is 0 Å². The van der Waals surface area contributed by atoms with E-state index in [1.807, 2.05) is 101 Å². The standard InChI is InChI=1S/C31H40N4O5.C30H41N5O6.C16H12N2O7/c1-18(2)23-17-27(36)31(5,6)14-13-21-9-10-22-11-12-24(33-26(22)16-21)20(4)40-30(39)25-8-7-15-35(34-25)29(38)19(3)32-28(23)37;1-17(2)25(26(37)31-18(3)27(38)35-15-7-8-23(34-35)28(39)40)33-29(41)30(5,6)14-13-20-9-10-21-11-12-22(19(4)36)32-24(21)16-20;1-9-5-3-7-11(17(21)22)13(9)15(19)25-16(20)14-10(2)6-4-8-12(14)18(23)24/h9-14,16,18-20,23,25,34H,7-8,15,17H2,1-6H3,(H,32,37);9-14,16-19,23,25,34,36H,7-8,15H2,1-6H3,(H,31,37)(H,33,41)(H,39,40);3-8H,1-2H3/b2*14-13+;/t19-,20+,23-,25-;18-,19+,23-,25-;/m00./s1. The lowest BCUT2D eigenvalue weighted by atomic mass is 9.79. The van der Waals surface area contributed by atoms with Gasteiger partial charge in [-0.25, -0.2) is 25.4 Å². The molecule has 5 heterocycles. The third-order valence-electron chi connectivity index (χ3n) is 18.5. The van der Waals surface area contributed by atoms with Crippen LogP contribution in [0.1, 0.15) is 182 Å². The second-order valence-corrected chi connectivity index (χ2v) is 28.5. The third kappa shape index (κ3) is 21.1. The number of aromatic nitrogens is 2. The zero-order chi connectivity index (χ0) is 78.4. The van der Waals surface area contributed by atoms with Gasteiger partial charge in [-0.1, -0.05) is 113 Å². The summed E-state index contributed by atoms with van der Waals surface area (Å²) in [6.45, 7) is 24.8. The molecule has 0 aliphatic carbocycles. The van der Waals surface area contributed by atoms with Gasteiger partial charge in [0, 0.05) is 53.7 Å². The van der Waals surface area contributed by atoms with Crippen molar-refractivity contribution in [1.82, 2.24) is 46.8 Å². The van der Waals surface area contributed by atoms with Crippen molar-refractivity contribution < 1.29 is 77.5 Å². The molecule has 0 radical (unpaired) electrons. The van der Waals surface area contributed by atoms with E-state index in [4.69, 9.17) is 9.72 Å². The number of cyclic esters (lactones) is 1. The van der Waals surface area contributed by atoms with Crippen LogP contribution < -0.4 is 26.8 Å². The molecule has 4 aromatic carbocycles. The minimum absolute atomic E-state index is 0.0537. The number of amides is 5. The average Bonchev–Trinajstić information content (AvgIpc) is 0.848. The van der Waals surface area contributed by atoms with E-state index in [0.29, 0.717) is 50.2 Å². The predicted molar refractivity (Wildman–Crippen MR) is 393 cm³/mol. The molecule has 2 aromatic heterocycles. The first kappa shape index (κ1) is 82.2. The number of aryl methyl sites for hydroxylation is 2. The molecule has 2 fully saturated rings. The first-order valence-electron chi connectivity index (χ1n) is 34.9. The first-order valence-corrected chi connectivity index (χ1v) is 34.9. The highest BCUT2D eigenvalue weighted by Gasteiger charge is 2.39. The largest absolute Gasteiger partial charge is 0.480 e. The van der Waals surface area contributed by atoms with Crippen molar-refractivity contribution in [2.24, 2.45) is 28.6 Å². The Hall–Kier alpha value is -11.0. The van der Waals surface area contributed by atoms with E-state index in [9.17, 15) is 78.4 Å². The number of aliphatic hydroxyl groups excluding tert-OH is 1.